The summed E-state index contributed by atoms with van der Waals surface area (Å²) in [6.07, 6.45) is -3.59. The zero-order valence-electron chi connectivity index (χ0n) is 10.8. The zero-order valence-corrected chi connectivity index (χ0v) is 12.4. The van der Waals surface area contributed by atoms with Crippen LogP contribution in [0, 0.1) is 0 Å². The van der Waals surface area contributed by atoms with Gasteiger partial charge in [0.2, 0.25) is 0 Å². The van der Waals surface area contributed by atoms with Crippen molar-refractivity contribution in [3.8, 4) is 11.1 Å². The number of alkyl halides is 3. The van der Waals surface area contributed by atoms with Gasteiger partial charge >= 0.3 is 6.18 Å². The second kappa shape index (κ2) is 5.35. The normalized spacial score (nSPS) is 12.4. The van der Waals surface area contributed by atoms with Crippen molar-refractivity contribution < 1.29 is 21.6 Å². The van der Waals surface area contributed by atoms with Crippen LogP contribution < -0.4 is 0 Å². The van der Waals surface area contributed by atoms with Crippen molar-refractivity contribution in [3.05, 3.63) is 53.1 Å². The summed E-state index contributed by atoms with van der Waals surface area (Å²) in [6, 6.07) is 8.73. The molecule has 2 aromatic carbocycles. The molecule has 0 bridgehead atoms. The minimum Gasteiger partial charge on any atom is -0.224 e. The lowest BCUT2D eigenvalue weighted by atomic mass is 9.99. The van der Waals surface area contributed by atoms with Crippen molar-refractivity contribution in [2.24, 2.45) is 0 Å². The molecule has 21 heavy (non-hydrogen) atoms. The van der Waals surface area contributed by atoms with Gasteiger partial charge < -0.3 is 0 Å². The summed E-state index contributed by atoms with van der Waals surface area (Å²) in [5.74, 6) is 0. The maximum Gasteiger partial charge on any atom is 0.417 e. The first kappa shape index (κ1) is 15.9. The average Bonchev–Trinajstić information content (AvgIpc) is 2.36. The molecule has 2 aromatic rings. The van der Waals surface area contributed by atoms with E-state index >= 15 is 0 Å². The van der Waals surface area contributed by atoms with Crippen LogP contribution in [0.25, 0.3) is 11.1 Å². The van der Waals surface area contributed by atoms with Crippen LogP contribution in [-0.4, -0.2) is 14.7 Å². The first-order valence-corrected chi connectivity index (χ1v) is 8.04. The third-order valence-electron chi connectivity index (χ3n) is 2.87. The molecule has 0 amide bonds. The lowest BCUT2D eigenvalue weighted by Crippen LogP contribution is -2.07. The highest BCUT2D eigenvalue weighted by Crippen LogP contribution is 2.41. The summed E-state index contributed by atoms with van der Waals surface area (Å²) in [4.78, 5) is -0.0620. The van der Waals surface area contributed by atoms with Crippen LogP contribution in [-0.2, 0) is 16.0 Å². The minimum absolute atomic E-state index is 0.0620. The SMILES string of the molecule is CS(=O)(=O)c1cccc(-c2c(Cl)cccc2C(F)(F)F)c1. The van der Waals surface area contributed by atoms with Crippen molar-refractivity contribution in [3.63, 3.8) is 0 Å². The second-order valence-corrected chi connectivity index (χ2v) is 6.88. The number of halogens is 4. The van der Waals surface area contributed by atoms with Crippen molar-refractivity contribution in [2.75, 3.05) is 6.26 Å². The summed E-state index contributed by atoms with van der Waals surface area (Å²) in [5, 5.41) is -0.0875. The van der Waals surface area contributed by atoms with Gasteiger partial charge in [-0.15, -0.1) is 0 Å². The van der Waals surface area contributed by atoms with E-state index in [2.05, 4.69) is 0 Å². The van der Waals surface area contributed by atoms with Crippen LogP contribution in [0.4, 0.5) is 13.2 Å². The number of hydrogen-bond donors (Lipinski definition) is 0. The van der Waals surface area contributed by atoms with Gasteiger partial charge in [-0.1, -0.05) is 29.8 Å². The summed E-state index contributed by atoms with van der Waals surface area (Å²) >= 11 is 5.89. The fourth-order valence-electron chi connectivity index (χ4n) is 1.94. The summed E-state index contributed by atoms with van der Waals surface area (Å²) in [6.45, 7) is 0. The Labute approximate surface area is 125 Å². The highest BCUT2D eigenvalue weighted by atomic mass is 35.5. The maximum absolute atomic E-state index is 13.1. The third kappa shape index (κ3) is 3.39. The largest absolute Gasteiger partial charge is 0.417 e. The fraction of sp³-hybridized carbons (Fsp3) is 0.143. The molecule has 2 rings (SSSR count). The van der Waals surface area contributed by atoms with Gasteiger partial charge in [0.1, 0.15) is 0 Å². The predicted molar refractivity (Wildman–Crippen MR) is 75.0 cm³/mol. The molecular weight excluding hydrogens is 325 g/mol. The van der Waals surface area contributed by atoms with Gasteiger partial charge in [-0.25, -0.2) is 8.42 Å². The molecule has 112 valence electrons. The van der Waals surface area contributed by atoms with Crippen LogP contribution in [0.2, 0.25) is 5.02 Å². The molecule has 7 heteroatoms. The quantitative estimate of drug-likeness (QED) is 0.814. The van der Waals surface area contributed by atoms with Crippen molar-refractivity contribution in [1.29, 1.82) is 0 Å². The first-order valence-electron chi connectivity index (χ1n) is 5.77. The standard InChI is InChI=1S/C14H10ClF3O2S/c1-21(19,20)10-5-2-4-9(8-10)13-11(14(16,17)18)6-3-7-12(13)15/h2-8H,1H3. The van der Waals surface area contributed by atoms with E-state index < -0.39 is 21.6 Å². The van der Waals surface area contributed by atoms with E-state index in [1.54, 1.807) is 0 Å². The maximum atomic E-state index is 13.1. The van der Waals surface area contributed by atoms with Crippen molar-refractivity contribution in [1.82, 2.24) is 0 Å². The molecule has 0 aliphatic rings. The highest BCUT2D eigenvalue weighted by molar-refractivity contribution is 7.90. The van der Waals surface area contributed by atoms with E-state index in [0.29, 0.717) is 0 Å². The van der Waals surface area contributed by atoms with Crippen LogP contribution in [0.3, 0.4) is 0 Å². The molecule has 0 heterocycles. The Morgan fingerprint density at radius 1 is 1.05 bits per heavy atom. The van der Waals surface area contributed by atoms with Crippen molar-refractivity contribution in [2.45, 2.75) is 11.1 Å². The Hall–Kier alpha value is -1.53. The van der Waals surface area contributed by atoms with Gasteiger partial charge in [0.05, 0.1) is 10.5 Å². The molecule has 0 saturated carbocycles. The molecule has 2 nitrogen and oxygen atoms in total. The third-order valence-corrected chi connectivity index (χ3v) is 4.30. The smallest absolute Gasteiger partial charge is 0.224 e. The Morgan fingerprint density at radius 2 is 1.67 bits per heavy atom. The van der Waals surface area contributed by atoms with E-state index in [0.717, 1.165) is 12.3 Å². The lowest BCUT2D eigenvalue weighted by Gasteiger charge is -2.15. The average molecular weight is 335 g/mol. The van der Waals surface area contributed by atoms with Crippen LogP contribution >= 0.6 is 11.6 Å². The molecule has 0 unspecified atom stereocenters. The van der Waals surface area contributed by atoms with Gasteiger partial charge in [0.25, 0.3) is 0 Å². The molecule has 0 spiro atoms. The fourth-order valence-corrected chi connectivity index (χ4v) is 2.89. The number of rotatable bonds is 2. The summed E-state index contributed by atoms with van der Waals surface area (Å²) in [5.41, 5.74) is -1.02. The molecule has 0 N–H and O–H groups in total. The van der Waals surface area contributed by atoms with E-state index in [1.807, 2.05) is 0 Å². The monoisotopic (exact) mass is 334 g/mol. The van der Waals surface area contributed by atoms with Gasteiger partial charge in [0, 0.05) is 16.8 Å². The minimum atomic E-state index is -4.58. The number of hydrogen-bond acceptors (Lipinski definition) is 2. The molecule has 0 fully saturated rings. The molecule has 0 saturated heterocycles. The van der Waals surface area contributed by atoms with E-state index in [-0.39, 0.29) is 21.0 Å². The molecular formula is C14H10ClF3O2S. The molecule has 0 atom stereocenters. The first-order chi connectivity index (χ1) is 9.60. The Kier molecular flexibility index (Phi) is 4.04. The van der Waals surface area contributed by atoms with Gasteiger partial charge in [0.15, 0.2) is 9.84 Å². The summed E-state index contributed by atoms with van der Waals surface area (Å²) < 4.78 is 62.3. The molecule has 0 radical (unpaired) electrons. The molecule has 0 aromatic heterocycles. The number of benzene rings is 2. The van der Waals surface area contributed by atoms with E-state index in [9.17, 15) is 21.6 Å². The van der Waals surface area contributed by atoms with E-state index in [1.165, 1.54) is 36.4 Å². The lowest BCUT2D eigenvalue weighted by molar-refractivity contribution is -0.137. The van der Waals surface area contributed by atoms with E-state index in [4.69, 9.17) is 11.6 Å². The van der Waals surface area contributed by atoms with Gasteiger partial charge in [-0.05, 0) is 29.8 Å². The Bertz CT molecular complexity index is 783. The van der Waals surface area contributed by atoms with Crippen LogP contribution in [0.1, 0.15) is 5.56 Å². The summed E-state index contributed by atoms with van der Waals surface area (Å²) in [7, 11) is -3.52. The molecule has 0 aliphatic heterocycles. The number of sulfone groups is 1. The van der Waals surface area contributed by atoms with Crippen LogP contribution in [0.15, 0.2) is 47.4 Å². The topological polar surface area (TPSA) is 34.1 Å². The zero-order chi connectivity index (χ0) is 15.8. The molecule has 0 aliphatic carbocycles. The highest BCUT2D eigenvalue weighted by Gasteiger charge is 2.34. The predicted octanol–water partition coefficient (Wildman–Crippen LogP) is 4.43. The van der Waals surface area contributed by atoms with Gasteiger partial charge in [-0.3, -0.25) is 0 Å². The van der Waals surface area contributed by atoms with Crippen molar-refractivity contribution >= 4 is 21.4 Å². The Morgan fingerprint density at radius 3 is 2.24 bits per heavy atom. The Balaban J connectivity index is 2.74. The van der Waals surface area contributed by atoms with Crippen LogP contribution in [0.5, 0.6) is 0 Å². The second-order valence-electron chi connectivity index (χ2n) is 4.46. The van der Waals surface area contributed by atoms with Gasteiger partial charge in [-0.2, -0.15) is 13.2 Å².